The molecule has 1 heterocycles. The van der Waals surface area contributed by atoms with Gasteiger partial charge in [0.1, 0.15) is 5.82 Å². The molecule has 0 unspecified atom stereocenters. The van der Waals surface area contributed by atoms with Crippen LogP contribution in [0.2, 0.25) is 0 Å². The second kappa shape index (κ2) is 5.18. The predicted molar refractivity (Wildman–Crippen MR) is 69.7 cm³/mol. The largest absolute Gasteiger partial charge is 0.465 e. The molecular formula is C13H12FNO2S. The number of thiophene rings is 1. The normalized spacial score (nSPS) is 10.3. The third-order valence-corrected chi connectivity index (χ3v) is 3.47. The van der Waals surface area contributed by atoms with E-state index in [1.165, 1.54) is 29.5 Å². The summed E-state index contributed by atoms with van der Waals surface area (Å²) in [6.07, 6.45) is -1.16. The van der Waals surface area contributed by atoms with E-state index in [-0.39, 0.29) is 12.2 Å². The first-order valence-electron chi connectivity index (χ1n) is 5.38. The van der Waals surface area contributed by atoms with Gasteiger partial charge in [0.2, 0.25) is 0 Å². The van der Waals surface area contributed by atoms with E-state index < -0.39 is 11.9 Å². The molecule has 1 aromatic heterocycles. The van der Waals surface area contributed by atoms with Crippen LogP contribution in [0.3, 0.4) is 0 Å². The van der Waals surface area contributed by atoms with Gasteiger partial charge in [0.25, 0.3) is 0 Å². The minimum atomic E-state index is -1.16. The summed E-state index contributed by atoms with van der Waals surface area (Å²) in [5.74, 6) is -0.534. The van der Waals surface area contributed by atoms with Gasteiger partial charge in [-0.25, -0.2) is 9.18 Å². The number of aryl methyl sites for hydroxylation is 1. The Morgan fingerprint density at radius 1 is 1.33 bits per heavy atom. The molecule has 0 saturated heterocycles. The van der Waals surface area contributed by atoms with Crippen LogP contribution in [-0.2, 0) is 6.54 Å². The Morgan fingerprint density at radius 2 is 2.06 bits per heavy atom. The Hall–Kier alpha value is -1.88. The smallest absolute Gasteiger partial charge is 0.412 e. The van der Waals surface area contributed by atoms with Gasteiger partial charge in [-0.3, -0.25) is 4.90 Å². The number of amides is 1. The highest BCUT2D eigenvalue weighted by Crippen LogP contribution is 2.24. The minimum absolute atomic E-state index is 0.0797. The lowest BCUT2D eigenvalue weighted by molar-refractivity contribution is 0.201. The summed E-state index contributed by atoms with van der Waals surface area (Å²) in [7, 11) is 0. The fraction of sp³-hybridized carbons (Fsp3) is 0.154. The molecule has 0 spiro atoms. The second-order valence-electron chi connectivity index (χ2n) is 3.83. The van der Waals surface area contributed by atoms with Crippen LogP contribution in [0.15, 0.2) is 36.4 Å². The number of para-hydroxylation sites is 1. The number of halogens is 1. The average Bonchev–Trinajstić information content (AvgIpc) is 2.73. The van der Waals surface area contributed by atoms with Crippen LogP contribution in [-0.4, -0.2) is 11.2 Å². The molecule has 1 aromatic carbocycles. The summed E-state index contributed by atoms with van der Waals surface area (Å²) in [4.78, 5) is 14.2. The minimum Gasteiger partial charge on any atom is -0.465 e. The SMILES string of the molecule is Cc1ccc(CN(C(=O)O)c2ccccc2F)s1. The predicted octanol–water partition coefficient (Wildman–Crippen LogP) is 3.88. The van der Waals surface area contributed by atoms with E-state index in [1.54, 1.807) is 6.07 Å². The molecule has 0 aliphatic rings. The Morgan fingerprint density at radius 3 is 2.61 bits per heavy atom. The zero-order valence-electron chi connectivity index (χ0n) is 9.76. The van der Waals surface area contributed by atoms with Crippen LogP contribution in [0.1, 0.15) is 9.75 Å². The molecule has 0 bridgehead atoms. The van der Waals surface area contributed by atoms with Crippen molar-refractivity contribution in [3.63, 3.8) is 0 Å². The van der Waals surface area contributed by atoms with Crippen molar-refractivity contribution in [3.8, 4) is 0 Å². The summed E-state index contributed by atoms with van der Waals surface area (Å²) in [5.41, 5.74) is 0.0797. The molecule has 0 saturated carbocycles. The molecule has 3 nitrogen and oxygen atoms in total. The first-order valence-corrected chi connectivity index (χ1v) is 6.20. The summed E-state index contributed by atoms with van der Waals surface area (Å²) in [5, 5.41) is 9.18. The molecule has 0 atom stereocenters. The standard InChI is InChI=1S/C13H12FNO2S/c1-9-6-7-10(18-9)8-15(13(16)17)12-5-3-2-4-11(12)14/h2-7H,8H2,1H3,(H,16,17). The third kappa shape index (κ3) is 2.68. The zero-order chi connectivity index (χ0) is 13.1. The Bertz CT molecular complexity index is 568. The molecule has 5 heteroatoms. The molecule has 2 rings (SSSR count). The van der Waals surface area contributed by atoms with E-state index in [1.807, 2.05) is 19.1 Å². The first kappa shape index (κ1) is 12.6. The quantitative estimate of drug-likeness (QED) is 0.914. The van der Waals surface area contributed by atoms with E-state index in [2.05, 4.69) is 0 Å². The van der Waals surface area contributed by atoms with Gasteiger partial charge in [0.05, 0.1) is 12.2 Å². The number of hydrogen-bond acceptors (Lipinski definition) is 2. The monoisotopic (exact) mass is 265 g/mol. The number of rotatable bonds is 3. The number of benzene rings is 1. The van der Waals surface area contributed by atoms with Crippen molar-refractivity contribution in [2.45, 2.75) is 13.5 Å². The van der Waals surface area contributed by atoms with E-state index in [9.17, 15) is 14.3 Å². The Balaban J connectivity index is 2.30. The number of carbonyl (C=O) groups is 1. The van der Waals surface area contributed by atoms with Crippen molar-refractivity contribution in [3.05, 3.63) is 52.0 Å². The molecular weight excluding hydrogens is 253 g/mol. The number of hydrogen-bond donors (Lipinski definition) is 1. The maximum Gasteiger partial charge on any atom is 0.412 e. The molecule has 2 aromatic rings. The molecule has 0 fully saturated rings. The highest BCUT2D eigenvalue weighted by Gasteiger charge is 2.18. The Kier molecular flexibility index (Phi) is 3.62. The van der Waals surface area contributed by atoms with Gasteiger partial charge >= 0.3 is 6.09 Å². The van der Waals surface area contributed by atoms with Crippen LogP contribution < -0.4 is 4.90 Å². The van der Waals surface area contributed by atoms with E-state index >= 15 is 0 Å². The van der Waals surface area contributed by atoms with Gasteiger partial charge in [0, 0.05) is 9.75 Å². The lowest BCUT2D eigenvalue weighted by atomic mass is 10.2. The van der Waals surface area contributed by atoms with Crippen molar-refractivity contribution in [1.82, 2.24) is 0 Å². The molecule has 0 aliphatic carbocycles. The van der Waals surface area contributed by atoms with Crippen molar-refractivity contribution in [2.24, 2.45) is 0 Å². The van der Waals surface area contributed by atoms with Crippen LogP contribution >= 0.6 is 11.3 Å². The van der Waals surface area contributed by atoms with Gasteiger partial charge in [-0.2, -0.15) is 0 Å². The summed E-state index contributed by atoms with van der Waals surface area (Å²) < 4.78 is 13.6. The molecule has 0 aliphatic heterocycles. The highest BCUT2D eigenvalue weighted by atomic mass is 32.1. The van der Waals surface area contributed by atoms with Crippen LogP contribution in [0.25, 0.3) is 0 Å². The van der Waals surface area contributed by atoms with E-state index in [0.717, 1.165) is 14.7 Å². The van der Waals surface area contributed by atoms with Crippen molar-refractivity contribution in [2.75, 3.05) is 4.90 Å². The van der Waals surface area contributed by atoms with Crippen LogP contribution in [0.5, 0.6) is 0 Å². The fourth-order valence-corrected chi connectivity index (χ4v) is 2.53. The van der Waals surface area contributed by atoms with Crippen molar-refractivity contribution >= 4 is 23.1 Å². The van der Waals surface area contributed by atoms with Gasteiger partial charge < -0.3 is 5.11 Å². The summed E-state index contributed by atoms with van der Waals surface area (Å²) in [6, 6.07) is 9.65. The second-order valence-corrected chi connectivity index (χ2v) is 5.20. The third-order valence-electron chi connectivity index (χ3n) is 2.48. The summed E-state index contributed by atoms with van der Waals surface area (Å²) >= 11 is 1.51. The van der Waals surface area contributed by atoms with E-state index in [4.69, 9.17) is 0 Å². The van der Waals surface area contributed by atoms with Crippen molar-refractivity contribution < 1.29 is 14.3 Å². The number of nitrogens with zero attached hydrogens (tertiary/aromatic N) is 1. The molecule has 18 heavy (non-hydrogen) atoms. The molecule has 1 N–H and O–H groups in total. The van der Waals surface area contributed by atoms with Gasteiger partial charge in [0.15, 0.2) is 0 Å². The van der Waals surface area contributed by atoms with Crippen LogP contribution in [0.4, 0.5) is 14.9 Å². The van der Waals surface area contributed by atoms with Crippen LogP contribution in [0, 0.1) is 12.7 Å². The Labute approximate surface area is 108 Å². The molecule has 0 radical (unpaired) electrons. The maximum atomic E-state index is 13.6. The highest BCUT2D eigenvalue weighted by molar-refractivity contribution is 7.11. The van der Waals surface area contributed by atoms with E-state index in [0.29, 0.717) is 0 Å². The molecule has 94 valence electrons. The maximum absolute atomic E-state index is 13.6. The van der Waals surface area contributed by atoms with Gasteiger partial charge in [-0.05, 0) is 31.2 Å². The zero-order valence-corrected chi connectivity index (χ0v) is 10.6. The fourth-order valence-electron chi connectivity index (χ4n) is 1.65. The number of carboxylic acid groups (broad SMARTS) is 1. The first-order chi connectivity index (χ1) is 8.58. The average molecular weight is 265 g/mol. The lowest BCUT2D eigenvalue weighted by Crippen LogP contribution is -2.29. The van der Waals surface area contributed by atoms with Gasteiger partial charge in [-0.15, -0.1) is 11.3 Å². The topological polar surface area (TPSA) is 40.5 Å². The number of anilines is 1. The lowest BCUT2D eigenvalue weighted by Gasteiger charge is -2.18. The van der Waals surface area contributed by atoms with Crippen molar-refractivity contribution in [1.29, 1.82) is 0 Å². The van der Waals surface area contributed by atoms with Gasteiger partial charge in [-0.1, -0.05) is 12.1 Å². The molecule has 1 amide bonds. The summed E-state index contributed by atoms with van der Waals surface area (Å²) in [6.45, 7) is 2.11.